The van der Waals surface area contributed by atoms with Crippen LogP contribution in [0.3, 0.4) is 0 Å². The van der Waals surface area contributed by atoms with E-state index in [9.17, 15) is 0 Å². The Kier molecular flexibility index (Phi) is 5.04. The molecule has 150 valence electrons. The van der Waals surface area contributed by atoms with Crippen LogP contribution in [0.5, 0.6) is 11.5 Å². The number of hydrogen-bond acceptors (Lipinski definition) is 8. The van der Waals surface area contributed by atoms with Crippen molar-refractivity contribution in [3.05, 3.63) is 64.7 Å². The van der Waals surface area contributed by atoms with E-state index in [1.165, 1.54) is 0 Å². The number of hydrogen-bond donors (Lipinski definition) is 1. The van der Waals surface area contributed by atoms with Crippen LogP contribution >= 0.6 is 22.7 Å². The molecule has 0 aliphatic rings. The van der Waals surface area contributed by atoms with E-state index in [1.54, 1.807) is 36.1 Å². The third-order valence-corrected chi connectivity index (χ3v) is 6.53. The maximum absolute atomic E-state index is 6.09. The van der Waals surface area contributed by atoms with E-state index in [0.29, 0.717) is 6.61 Å². The van der Waals surface area contributed by atoms with Crippen molar-refractivity contribution in [2.75, 3.05) is 12.4 Å². The zero-order chi connectivity index (χ0) is 20.5. The standard InChI is InChI=1S/C22H18N4O2S2/c1-13-7-14(26-22-21-18(23-11-24-22)9-16(30-21)10-27-2)3-5-19(13)28-15-4-6-20-17(8-15)25-12-29-20/h3-9,11-12H,10H2,1-2H3,(H,23,24,26). The molecule has 5 rings (SSSR count). The summed E-state index contributed by atoms with van der Waals surface area (Å²) in [4.78, 5) is 14.3. The van der Waals surface area contributed by atoms with Gasteiger partial charge in [-0.3, -0.25) is 0 Å². The van der Waals surface area contributed by atoms with Crippen LogP contribution in [-0.2, 0) is 11.3 Å². The molecule has 0 aliphatic carbocycles. The molecule has 2 aromatic carbocycles. The number of nitrogens with zero attached hydrogens (tertiary/aromatic N) is 3. The van der Waals surface area contributed by atoms with Crippen LogP contribution in [0.15, 0.2) is 54.3 Å². The molecule has 0 bridgehead atoms. The molecular weight excluding hydrogens is 416 g/mol. The van der Waals surface area contributed by atoms with Gasteiger partial charge >= 0.3 is 0 Å². The fourth-order valence-electron chi connectivity index (χ4n) is 3.21. The minimum Gasteiger partial charge on any atom is -0.457 e. The van der Waals surface area contributed by atoms with Crippen molar-refractivity contribution >= 4 is 54.6 Å². The number of thiophene rings is 1. The molecule has 8 heteroatoms. The van der Waals surface area contributed by atoms with Gasteiger partial charge in [-0.1, -0.05) is 0 Å². The summed E-state index contributed by atoms with van der Waals surface area (Å²) in [7, 11) is 1.69. The topological polar surface area (TPSA) is 69.2 Å². The summed E-state index contributed by atoms with van der Waals surface area (Å²) in [6.45, 7) is 2.59. The lowest BCUT2D eigenvalue weighted by Gasteiger charge is -2.12. The number of anilines is 2. The Morgan fingerprint density at radius 1 is 1.00 bits per heavy atom. The minimum absolute atomic E-state index is 0.568. The number of aromatic nitrogens is 3. The van der Waals surface area contributed by atoms with E-state index in [1.807, 2.05) is 54.9 Å². The van der Waals surface area contributed by atoms with E-state index in [2.05, 4.69) is 20.3 Å². The molecule has 0 saturated carbocycles. The number of aryl methyl sites for hydroxylation is 1. The molecule has 3 aromatic heterocycles. The van der Waals surface area contributed by atoms with Crippen LogP contribution < -0.4 is 10.1 Å². The van der Waals surface area contributed by atoms with Crippen LogP contribution in [0.4, 0.5) is 11.5 Å². The first kappa shape index (κ1) is 18.9. The minimum atomic E-state index is 0.568. The maximum Gasteiger partial charge on any atom is 0.151 e. The first-order valence-corrected chi connectivity index (χ1v) is 11.0. The fraction of sp³-hybridized carbons (Fsp3) is 0.136. The Hall–Kier alpha value is -3.07. The zero-order valence-corrected chi connectivity index (χ0v) is 18.0. The Bertz CT molecular complexity index is 1350. The third kappa shape index (κ3) is 3.72. The largest absolute Gasteiger partial charge is 0.457 e. The van der Waals surface area contributed by atoms with Crippen molar-refractivity contribution in [1.82, 2.24) is 15.0 Å². The Balaban J connectivity index is 1.39. The number of nitrogens with one attached hydrogen (secondary N) is 1. The summed E-state index contributed by atoms with van der Waals surface area (Å²) in [5.41, 5.74) is 5.67. The second-order valence-electron chi connectivity index (χ2n) is 6.77. The molecule has 6 nitrogen and oxygen atoms in total. The lowest BCUT2D eigenvalue weighted by molar-refractivity contribution is 0.187. The van der Waals surface area contributed by atoms with Gasteiger partial charge in [0.1, 0.15) is 17.8 Å². The Morgan fingerprint density at radius 2 is 1.93 bits per heavy atom. The lowest BCUT2D eigenvalue weighted by atomic mass is 10.2. The lowest BCUT2D eigenvalue weighted by Crippen LogP contribution is -1.96. The van der Waals surface area contributed by atoms with Gasteiger partial charge < -0.3 is 14.8 Å². The van der Waals surface area contributed by atoms with Crippen LogP contribution in [-0.4, -0.2) is 22.1 Å². The number of thiazole rings is 1. The van der Waals surface area contributed by atoms with Crippen molar-refractivity contribution in [2.45, 2.75) is 13.5 Å². The normalized spacial score (nSPS) is 11.3. The van der Waals surface area contributed by atoms with Gasteiger partial charge in [0.05, 0.1) is 32.6 Å². The summed E-state index contributed by atoms with van der Waals surface area (Å²) >= 11 is 3.26. The van der Waals surface area contributed by atoms with Crippen molar-refractivity contribution in [1.29, 1.82) is 0 Å². The van der Waals surface area contributed by atoms with Gasteiger partial charge in [0.2, 0.25) is 0 Å². The molecule has 0 spiro atoms. The highest BCUT2D eigenvalue weighted by atomic mass is 32.1. The smallest absolute Gasteiger partial charge is 0.151 e. The Labute approximate surface area is 181 Å². The van der Waals surface area contributed by atoms with Crippen LogP contribution in [0.25, 0.3) is 20.4 Å². The highest BCUT2D eigenvalue weighted by Gasteiger charge is 2.11. The van der Waals surface area contributed by atoms with Crippen LogP contribution in [0.2, 0.25) is 0 Å². The quantitative estimate of drug-likeness (QED) is 0.339. The molecule has 30 heavy (non-hydrogen) atoms. The summed E-state index contributed by atoms with van der Waals surface area (Å²) < 4.78 is 13.5. The highest BCUT2D eigenvalue weighted by molar-refractivity contribution is 7.19. The second-order valence-corrected chi connectivity index (χ2v) is 8.79. The van der Waals surface area contributed by atoms with E-state index in [0.717, 1.165) is 53.9 Å². The van der Waals surface area contributed by atoms with Gasteiger partial charge in [0, 0.05) is 23.7 Å². The molecule has 5 aromatic rings. The van der Waals surface area contributed by atoms with Gasteiger partial charge in [-0.15, -0.1) is 22.7 Å². The van der Waals surface area contributed by atoms with E-state index < -0.39 is 0 Å². The predicted octanol–water partition coefficient (Wildman–Crippen LogP) is 6.29. The maximum atomic E-state index is 6.09. The predicted molar refractivity (Wildman–Crippen MR) is 122 cm³/mol. The first-order valence-electron chi connectivity index (χ1n) is 9.31. The van der Waals surface area contributed by atoms with Gasteiger partial charge in [-0.2, -0.15) is 0 Å². The second kappa shape index (κ2) is 7.98. The van der Waals surface area contributed by atoms with Crippen molar-refractivity contribution in [2.24, 2.45) is 0 Å². The summed E-state index contributed by atoms with van der Waals surface area (Å²) in [6.07, 6.45) is 1.58. The molecule has 3 heterocycles. The molecule has 0 aliphatic heterocycles. The summed E-state index contributed by atoms with van der Waals surface area (Å²) in [6, 6.07) is 14.0. The molecule has 0 saturated heterocycles. The number of rotatable bonds is 6. The average Bonchev–Trinajstić information content (AvgIpc) is 3.37. The van der Waals surface area contributed by atoms with Gasteiger partial charge in [-0.25, -0.2) is 15.0 Å². The average molecular weight is 435 g/mol. The molecule has 0 fully saturated rings. The molecular formula is C22H18N4O2S2. The SMILES string of the molecule is COCc1cc2ncnc(Nc3ccc(Oc4ccc5scnc5c4)c(C)c3)c2s1. The summed E-state index contributed by atoms with van der Waals surface area (Å²) in [5.74, 6) is 2.37. The molecule has 0 unspecified atom stereocenters. The van der Waals surface area contributed by atoms with Crippen LogP contribution in [0, 0.1) is 6.92 Å². The summed E-state index contributed by atoms with van der Waals surface area (Å²) in [5, 5.41) is 3.41. The van der Waals surface area contributed by atoms with Crippen LogP contribution in [0.1, 0.15) is 10.4 Å². The highest BCUT2D eigenvalue weighted by Crippen LogP contribution is 2.33. The van der Waals surface area contributed by atoms with E-state index in [4.69, 9.17) is 9.47 Å². The number of ether oxygens (including phenoxy) is 2. The third-order valence-electron chi connectivity index (χ3n) is 4.62. The molecule has 0 radical (unpaired) electrons. The van der Waals surface area contributed by atoms with Gasteiger partial charge in [0.15, 0.2) is 5.82 Å². The number of fused-ring (bicyclic) bond motifs is 2. The first-order chi connectivity index (χ1) is 14.7. The number of methoxy groups -OCH3 is 1. The van der Waals surface area contributed by atoms with Crippen molar-refractivity contribution < 1.29 is 9.47 Å². The molecule has 0 amide bonds. The van der Waals surface area contributed by atoms with Gasteiger partial charge in [-0.05, 0) is 48.9 Å². The van der Waals surface area contributed by atoms with E-state index in [-0.39, 0.29) is 0 Å². The van der Waals surface area contributed by atoms with Crippen molar-refractivity contribution in [3.8, 4) is 11.5 Å². The number of benzene rings is 2. The molecule has 0 atom stereocenters. The van der Waals surface area contributed by atoms with Crippen molar-refractivity contribution in [3.63, 3.8) is 0 Å². The Morgan fingerprint density at radius 3 is 2.80 bits per heavy atom. The van der Waals surface area contributed by atoms with Gasteiger partial charge in [0.25, 0.3) is 0 Å². The molecule has 1 N–H and O–H groups in total. The monoisotopic (exact) mass is 434 g/mol. The fourth-order valence-corrected chi connectivity index (χ4v) is 4.90. The van der Waals surface area contributed by atoms with E-state index >= 15 is 0 Å². The zero-order valence-electron chi connectivity index (χ0n) is 16.4.